The molecule has 0 unspecified atom stereocenters. The van der Waals surface area contributed by atoms with Crippen molar-refractivity contribution in [1.29, 1.82) is 0 Å². The van der Waals surface area contributed by atoms with Gasteiger partial charge in [-0.25, -0.2) is 4.79 Å². The summed E-state index contributed by atoms with van der Waals surface area (Å²) in [6, 6.07) is 0. The molecule has 0 saturated heterocycles. The summed E-state index contributed by atoms with van der Waals surface area (Å²) in [5.41, 5.74) is -0.519. The van der Waals surface area contributed by atoms with Crippen LogP contribution in [-0.2, 0) is 9.53 Å². The Labute approximate surface area is 82.6 Å². The van der Waals surface area contributed by atoms with E-state index in [1.807, 2.05) is 0 Å². The first kappa shape index (κ1) is 12.2. The van der Waals surface area contributed by atoms with Crippen molar-refractivity contribution in [1.82, 2.24) is 5.32 Å². The molecule has 0 spiro atoms. The van der Waals surface area contributed by atoms with Crippen molar-refractivity contribution < 1.29 is 14.3 Å². The van der Waals surface area contributed by atoms with Gasteiger partial charge in [-0.3, -0.25) is 4.79 Å². The molecule has 5 heteroatoms. The van der Waals surface area contributed by atoms with E-state index < -0.39 is 16.9 Å². The molecule has 0 rings (SSSR count). The van der Waals surface area contributed by atoms with Gasteiger partial charge in [0.1, 0.15) is 5.60 Å². The largest absolute Gasteiger partial charge is 0.444 e. The second-order valence-corrected chi connectivity index (χ2v) is 3.96. The topological polar surface area (TPSA) is 55.4 Å². The molecule has 0 fully saturated rings. The lowest BCUT2D eigenvalue weighted by Gasteiger charge is -2.19. The second kappa shape index (κ2) is 5.07. The van der Waals surface area contributed by atoms with Crippen LogP contribution >= 0.6 is 11.6 Å². The summed E-state index contributed by atoms with van der Waals surface area (Å²) in [4.78, 5) is 21.2. The molecule has 13 heavy (non-hydrogen) atoms. The standard InChI is InChI=1S/C8H14ClNO3/c1-8(2,3)13-7(12)10-5-4-6(9)11/h4-5H2,1-3H3,(H,10,12). The van der Waals surface area contributed by atoms with Crippen LogP contribution in [-0.4, -0.2) is 23.5 Å². The number of carbonyl (C=O) groups excluding carboxylic acids is 2. The lowest BCUT2D eigenvalue weighted by atomic mass is 10.2. The van der Waals surface area contributed by atoms with E-state index in [4.69, 9.17) is 16.3 Å². The van der Waals surface area contributed by atoms with E-state index in [2.05, 4.69) is 5.32 Å². The average Bonchev–Trinajstić information content (AvgIpc) is 1.81. The molecule has 0 aliphatic rings. The number of hydrogen-bond donors (Lipinski definition) is 1. The zero-order valence-corrected chi connectivity index (χ0v) is 8.77. The van der Waals surface area contributed by atoms with E-state index in [-0.39, 0.29) is 13.0 Å². The van der Waals surface area contributed by atoms with E-state index in [0.29, 0.717) is 0 Å². The highest BCUT2D eigenvalue weighted by Gasteiger charge is 2.15. The average molecular weight is 208 g/mol. The number of alkyl carbamates (subject to hydrolysis) is 1. The smallest absolute Gasteiger partial charge is 0.407 e. The van der Waals surface area contributed by atoms with Gasteiger partial charge in [0.25, 0.3) is 0 Å². The van der Waals surface area contributed by atoms with Gasteiger partial charge in [0, 0.05) is 13.0 Å². The predicted octanol–water partition coefficient (Wildman–Crippen LogP) is 1.67. The zero-order chi connectivity index (χ0) is 10.5. The van der Waals surface area contributed by atoms with Gasteiger partial charge >= 0.3 is 6.09 Å². The van der Waals surface area contributed by atoms with Crippen molar-refractivity contribution in [2.24, 2.45) is 0 Å². The molecule has 0 atom stereocenters. The van der Waals surface area contributed by atoms with Gasteiger partial charge in [0.15, 0.2) is 0 Å². The molecule has 0 heterocycles. The first-order chi connectivity index (χ1) is 5.81. The van der Waals surface area contributed by atoms with E-state index in [1.54, 1.807) is 20.8 Å². The Kier molecular flexibility index (Phi) is 4.77. The van der Waals surface area contributed by atoms with Crippen LogP contribution < -0.4 is 5.32 Å². The third kappa shape index (κ3) is 9.14. The molecule has 4 nitrogen and oxygen atoms in total. The predicted molar refractivity (Wildman–Crippen MR) is 49.7 cm³/mol. The summed E-state index contributed by atoms with van der Waals surface area (Å²) in [7, 11) is 0. The molecule has 0 aromatic heterocycles. The number of ether oxygens (including phenoxy) is 1. The molecule has 0 radical (unpaired) electrons. The van der Waals surface area contributed by atoms with Crippen LogP contribution in [0.15, 0.2) is 0 Å². The highest BCUT2D eigenvalue weighted by atomic mass is 35.5. The first-order valence-electron chi connectivity index (χ1n) is 3.96. The van der Waals surface area contributed by atoms with Gasteiger partial charge in [-0.2, -0.15) is 0 Å². The molecule has 0 aliphatic heterocycles. The maximum atomic E-state index is 11.0. The Hall–Kier alpha value is -0.770. The zero-order valence-electron chi connectivity index (χ0n) is 8.02. The van der Waals surface area contributed by atoms with Crippen LogP contribution in [0.1, 0.15) is 27.2 Å². The monoisotopic (exact) mass is 207 g/mol. The summed E-state index contributed by atoms with van der Waals surface area (Å²) >= 11 is 5.06. The summed E-state index contributed by atoms with van der Waals surface area (Å²) in [5.74, 6) is 0. The number of halogens is 1. The minimum absolute atomic E-state index is 0.112. The molecule has 0 aromatic rings. The molecular formula is C8H14ClNO3. The second-order valence-electron chi connectivity index (χ2n) is 3.53. The molecule has 1 amide bonds. The number of hydrogen-bond acceptors (Lipinski definition) is 3. The Balaban J connectivity index is 3.59. The van der Waals surface area contributed by atoms with Crippen molar-refractivity contribution in [3.63, 3.8) is 0 Å². The van der Waals surface area contributed by atoms with Gasteiger partial charge in [0.2, 0.25) is 5.24 Å². The molecule has 76 valence electrons. The van der Waals surface area contributed by atoms with Crippen molar-refractivity contribution in [3.8, 4) is 0 Å². The Morgan fingerprint density at radius 3 is 2.31 bits per heavy atom. The molecule has 0 saturated carbocycles. The van der Waals surface area contributed by atoms with Crippen LogP contribution in [0, 0.1) is 0 Å². The van der Waals surface area contributed by atoms with E-state index in [0.717, 1.165) is 0 Å². The van der Waals surface area contributed by atoms with Crippen LogP contribution in [0.3, 0.4) is 0 Å². The third-order valence-electron chi connectivity index (χ3n) is 0.990. The van der Waals surface area contributed by atoms with Gasteiger partial charge in [-0.05, 0) is 32.4 Å². The first-order valence-corrected chi connectivity index (χ1v) is 4.34. The number of nitrogens with one attached hydrogen (secondary N) is 1. The van der Waals surface area contributed by atoms with Gasteiger partial charge < -0.3 is 10.1 Å². The van der Waals surface area contributed by atoms with Crippen LogP contribution in [0.2, 0.25) is 0 Å². The molecule has 0 bridgehead atoms. The highest BCUT2D eigenvalue weighted by Crippen LogP contribution is 2.06. The quantitative estimate of drug-likeness (QED) is 0.717. The van der Waals surface area contributed by atoms with Crippen LogP contribution in [0.5, 0.6) is 0 Å². The summed E-state index contributed by atoms with van der Waals surface area (Å²) in [6.07, 6.45) is -0.425. The van der Waals surface area contributed by atoms with Crippen molar-refractivity contribution >= 4 is 22.9 Å². The summed E-state index contributed by atoms with van der Waals surface area (Å²) < 4.78 is 4.92. The Morgan fingerprint density at radius 2 is 1.92 bits per heavy atom. The maximum absolute atomic E-state index is 11.0. The maximum Gasteiger partial charge on any atom is 0.407 e. The third-order valence-corrected chi connectivity index (χ3v) is 1.18. The van der Waals surface area contributed by atoms with E-state index in [9.17, 15) is 9.59 Å². The number of rotatable bonds is 3. The Bertz CT molecular complexity index is 198. The lowest BCUT2D eigenvalue weighted by Crippen LogP contribution is -2.33. The van der Waals surface area contributed by atoms with E-state index in [1.165, 1.54) is 0 Å². The SMILES string of the molecule is CC(C)(C)OC(=O)NCCC(=O)Cl. The molecule has 1 N–H and O–H groups in total. The minimum Gasteiger partial charge on any atom is -0.444 e. The fourth-order valence-electron chi connectivity index (χ4n) is 0.577. The van der Waals surface area contributed by atoms with Crippen molar-refractivity contribution in [3.05, 3.63) is 0 Å². The summed E-state index contributed by atoms with van der Waals surface area (Å²) in [5, 5.41) is 1.93. The van der Waals surface area contributed by atoms with Crippen molar-refractivity contribution in [2.75, 3.05) is 6.54 Å². The number of amides is 1. The van der Waals surface area contributed by atoms with Gasteiger partial charge in [0.05, 0.1) is 0 Å². The fraction of sp³-hybridized carbons (Fsp3) is 0.750. The molecule has 0 aromatic carbocycles. The molecular weight excluding hydrogens is 194 g/mol. The van der Waals surface area contributed by atoms with E-state index >= 15 is 0 Å². The van der Waals surface area contributed by atoms with Crippen molar-refractivity contribution in [2.45, 2.75) is 32.8 Å². The van der Waals surface area contributed by atoms with Crippen LogP contribution in [0.25, 0.3) is 0 Å². The highest BCUT2D eigenvalue weighted by molar-refractivity contribution is 6.63. The Morgan fingerprint density at radius 1 is 1.38 bits per heavy atom. The minimum atomic E-state index is -0.537. The van der Waals surface area contributed by atoms with Gasteiger partial charge in [-0.1, -0.05) is 0 Å². The summed E-state index contributed by atoms with van der Waals surface area (Å²) in [6.45, 7) is 5.50. The van der Waals surface area contributed by atoms with Crippen LogP contribution in [0.4, 0.5) is 4.79 Å². The number of carbonyl (C=O) groups is 2. The lowest BCUT2D eigenvalue weighted by molar-refractivity contribution is -0.111. The van der Waals surface area contributed by atoms with Gasteiger partial charge in [-0.15, -0.1) is 0 Å². The molecule has 0 aliphatic carbocycles. The normalized spacial score (nSPS) is 10.8. The fourth-order valence-corrected chi connectivity index (χ4v) is 0.672.